The number of hydrogen-bond donors (Lipinski definition) is 2. The van der Waals surface area contributed by atoms with Gasteiger partial charge >= 0.3 is 0 Å². The predicted molar refractivity (Wildman–Crippen MR) is 120 cm³/mol. The Morgan fingerprint density at radius 1 is 1.12 bits per heavy atom. The van der Waals surface area contributed by atoms with Crippen molar-refractivity contribution in [2.75, 3.05) is 32.1 Å². The molecule has 9 nitrogen and oxygen atoms in total. The second-order valence-corrected chi connectivity index (χ2v) is 9.39. The maximum absolute atomic E-state index is 13.2. The lowest BCUT2D eigenvalue weighted by atomic mass is 10.2. The van der Waals surface area contributed by atoms with Crippen molar-refractivity contribution in [2.24, 2.45) is 0 Å². The molecule has 1 aliphatic heterocycles. The molecule has 10 heteroatoms. The van der Waals surface area contributed by atoms with E-state index in [-0.39, 0.29) is 35.1 Å². The first kappa shape index (κ1) is 23.7. The van der Waals surface area contributed by atoms with E-state index in [9.17, 15) is 18.0 Å². The van der Waals surface area contributed by atoms with Gasteiger partial charge in [0, 0.05) is 37.8 Å². The minimum Gasteiger partial charge on any atom is -0.495 e. The number of ether oxygens (including phenoxy) is 1. The van der Waals surface area contributed by atoms with Crippen LogP contribution in [0.25, 0.3) is 0 Å². The van der Waals surface area contributed by atoms with E-state index in [1.54, 1.807) is 18.3 Å². The summed E-state index contributed by atoms with van der Waals surface area (Å²) < 4.78 is 33.2. The van der Waals surface area contributed by atoms with E-state index in [1.165, 1.54) is 35.8 Å². The highest BCUT2D eigenvalue weighted by atomic mass is 32.2. The maximum Gasteiger partial charge on any atom is 0.251 e. The summed E-state index contributed by atoms with van der Waals surface area (Å²) in [6, 6.07) is 7.75. The Labute approximate surface area is 188 Å². The van der Waals surface area contributed by atoms with E-state index < -0.39 is 15.9 Å². The number of rotatable bonds is 8. The Kier molecular flexibility index (Phi) is 8.18. The molecule has 2 N–H and O–H groups in total. The quantitative estimate of drug-likeness (QED) is 0.625. The number of carbonyl (C=O) groups is 2. The molecule has 0 bridgehead atoms. The number of nitrogens with one attached hydrogen (secondary N) is 2. The molecule has 0 spiro atoms. The van der Waals surface area contributed by atoms with Crippen LogP contribution >= 0.6 is 0 Å². The molecular formula is C22H28N4O5S. The Morgan fingerprint density at radius 2 is 1.88 bits per heavy atom. The normalized spacial score (nSPS) is 14.9. The number of methoxy groups -OCH3 is 1. The van der Waals surface area contributed by atoms with Gasteiger partial charge in [-0.2, -0.15) is 4.31 Å². The van der Waals surface area contributed by atoms with E-state index in [4.69, 9.17) is 4.74 Å². The Bertz CT molecular complexity index is 1040. The van der Waals surface area contributed by atoms with Crippen LogP contribution in [0.4, 0.5) is 5.69 Å². The van der Waals surface area contributed by atoms with Crippen LogP contribution in [0.15, 0.2) is 47.6 Å². The number of amides is 2. The third-order valence-corrected chi connectivity index (χ3v) is 7.11. The molecule has 1 fully saturated rings. The fourth-order valence-electron chi connectivity index (χ4n) is 3.49. The molecule has 0 atom stereocenters. The number of aromatic nitrogens is 1. The summed E-state index contributed by atoms with van der Waals surface area (Å²) in [7, 11) is -2.39. The first-order valence-corrected chi connectivity index (χ1v) is 12.0. The molecule has 172 valence electrons. The van der Waals surface area contributed by atoms with Crippen LogP contribution in [0.5, 0.6) is 5.75 Å². The summed E-state index contributed by atoms with van der Waals surface area (Å²) in [4.78, 5) is 28.5. The Hall–Kier alpha value is -2.98. The van der Waals surface area contributed by atoms with Gasteiger partial charge in [0.1, 0.15) is 10.6 Å². The fourth-order valence-corrected chi connectivity index (χ4v) is 5.19. The molecule has 2 heterocycles. The summed E-state index contributed by atoms with van der Waals surface area (Å²) in [5.74, 6) is -0.534. The Morgan fingerprint density at radius 3 is 2.53 bits per heavy atom. The summed E-state index contributed by atoms with van der Waals surface area (Å²) in [6.45, 7) is 1.01. The van der Waals surface area contributed by atoms with Gasteiger partial charge in [-0.25, -0.2) is 8.42 Å². The molecular weight excluding hydrogens is 432 g/mol. The molecule has 3 rings (SSSR count). The number of pyridine rings is 1. The van der Waals surface area contributed by atoms with Crippen LogP contribution in [0.1, 0.15) is 42.5 Å². The molecule has 0 saturated carbocycles. The summed E-state index contributed by atoms with van der Waals surface area (Å²) in [5.41, 5.74) is 0.759. The average molecular weight is 461 g/mol. The van der Waals surface area contributed by atoms with E-state index in [0.717, 1.165) is 25.7 Å². The number of carbonyl (C=O) groups excluding carboxylic acids is 2. The van der Waals surface area contributed by atoms with Gasteiger partial charge in [0.05, 0.1) is 19.0 Å². The van der Waals surface area contributed by atoms with Crippen molar-refractivity contribution < 1.29 is 22.7 Å². The van der Waals surface area contributed by atoms with Gasteiger partial charge < -0.3 is 15.4 Å². The Balaban J connectivity index is 1.66. The first-order valence-electron chi connectivity index (χ1n) is 10.6. The highest BCUT2D eigenvalue weighted by Crippen LogP contribution is 2.29. The van der Waals surface area contributed by atoms with Gasteiger partial charge in [-0.05, 0) is 43.2 Å². The average Bonchev–Trinajstić information content (AvgIpc) is 3.09. The molecule has 2 aromatic rings. The number of nitrogens with zero attached hydrogens (tertiary/aromatic N) is 2. The van der Waals surface area contributed by atoms with Crippen LogP contribution in [0.2, 0.25) is 0 Å². The maximum atomic E-state index is 13.2. The van der Waals surface area contributed by atoms with E-state index in [1.807, 2.05) is 0 Å². The van der Waals surface area contributed by atoms with Crippen molar-refractivity contribution in [2.45, 2.75) is 37.0 Å². The van der Waals surface area contributed by atoms with Crippen molar-refractivity contribution in [3.05, 3.63) is 48.3 Å². The molecule has 0 unspecified atom stereocenters. The molecule has 32 heavy (non-hydrogen) atoms. The van der Waals surface area contributed by atoms with Gasteiger partial charge in [-0.15, -0.1) is 0 Å². The van der Waals surface area contributed by atoms with Crippen molar-refractivity contribution in [3.63, 3.8) is 0 Å². The van der Waals surface area contributed by atoms with Crippen LogP contribution in [0.3, 0.4) is 0 Å². The predicted octanol–water partition coefficient (Wildman–Crippen LogP) is 2.41. The van der Waals surface area contributed by atoms with Crippen molar-refractivity contribution in [3.8, 4) is 5.75 Å². The van der Waals surface area contributed by atoms with Crippen LogP contribution in [-0.4, -0.2) is 56.3 Å². The minimum absolute atomic E-state index is 0.0242. The summed E-state index contributed by atoms with van der Waals surface area (Å²) in [6.07, 6.45) is 6.81. The fraction of sp³-hybridized carbons (Fsp3) is 0.409. The molecule has 1 saturated heterocycles. The summed E-state index contributed by atoms with van der Waals surface area (Å²) >= 11 is 0. The van der Waals surface area contributed by atoms with Crippen LogP contribution < -0.4 is 15.4 Å². The lowest BCUT2D eigenvalue weighted by molar-refractivity contribution is -0.116. The van der Waals surface area contributed by atoms with Gasteiger partial charge in [0.15, 0.2) is 0 Å². The summed E-state index contributed by atoms with van der Waals surface area (Å²) in [5, 5.41) is 5.34. The number of anilines is 1. The number of sulfonamides is 1. The van der Waals surface area contributed by atoms with Crippen molar-refractivity contribution in [1.29, 1.82) is 0 Å². The second kappa shape index (κ2) is 11.1. The zero-order valence-corrected chi connectivity index (χ0v) is 18.9. The highest BCUT2D eigenvalue weighted by Gasteiger charge is 2.29. The SMILES string of the molecule is COc1ccc(C(=O)NCCC(=O)Nc2cccnc2)cc1S(=O)(=O)N1CCCCCC1. The lowest BCUT2D eigenvalue weighted by Gasteiger charge is -2.21. The van der Waals surface area contributed by atoms with Crippen LogP contribution in [-0.2, 0) is 14.8 Å². The third-order valence-electron chi connectivity index (χ3n) is 5.19. The minimum atomic E-state index is -3.79. The van der Waals surface area contributed by atoms with Gasteiger partial charge in [-0.1, -0.05) is 12.8 Å². The van der Waals surface area contributed by atoms with Gasteiger partial charge in [-0.3, -0.25) is 14.6 Å². The van der Waals surface area contributed by atoms with E-state index in [0.29, 0.717) is 18.8 Å². The zero-order valence-electron chi connectivity index (χ0n) is 18.0. The van der Waals surface area contributed by atoms with Gasteiger partial charge in [0.2, 0.25) is 15.9 Å². The first-order chi connectivity index (χ1) is 15.4. The van der Waals surface area contributed by atoms with Crippen LogP contribution in [0, 0.1) is 0 Å². The van der Waals surface area contributed by atoms with E-state index in [2.05, 4.69) is 15.6 Å². The smallest absolute Gasteiger partial charge is 0.251 e. The second-order valence-electron chi connectivity index (χ2n) is 7.48. The zero-order chi connectivity index (χ0) is 23.0. The van der Waals surface area contributed by atoms with Crippen molar-refractivity contribution >= 4 is 27.5 Å². The van der Waals surface area contributed by atoms with E-state index >= 15 is 0 Å². The molecule has 1 aromatic heterocycles. The number of benzene rings is 1. The van der Waals surface area contributed by atoms with Gasteiger partial charge in [0.25, 0.3) is 5.91 Å². The van der Waals surface area contributed by atoms with Crippen molar-refractivity contribution in [1.82, 2.24) is 14.6 Å². The standard InChI is InChI=1S/C22H28N4O5S/c1-31-19-9-8-17(15-20(19)32(29,30)26-13-4-2-3-5-14-26)22(28)24-12-10-21(27)25-18-7-6-11-23-16-18/h6-9,11,15-16H,2-5,10,12-14H2,1H3,(H,24,28)(H,25,27). The largest absolute Gasteiger partial charge is 0.495 e. The molecule has 2 amide bonds. The molecule has 0 radical (unpaired) electrons. The molecule has 0 aliphatic carbocycles. The number of hydrogen-bond acceptors (Lipinski definition) is 6. The lowest BCUT2D eigenvalue weighted by Crippen LogP contribution is -2.32. The highest BCUT2D eigenvalue weighted by molar-refractivity contribution is 7.89. The monoisotopic (exact) mass is 460 g/mol. The molecule has 1 aromatic carbocycles. The topological polar surface area (TPSA) is 118 Å². The molecule has 1 aliphatic rings. The third kappa shape index (κ3) is 6.04.